The Morgan fingerprint density at radius 3 is 0.630 bits per heavy atom. The van der Waals surface area contributed by atoms with Crippen molar-refractivity contribution in [1.82, 2.24) is 0 Å². The normalized spacial score (nSPS) is 9.19. The Kier molecular flexibility index (Phi) is 39.6. The van der Waals surface area contributed by atoms with Gasteiger partial charge in [-0.2, -0.15) is 0 Å². The van der Waals surface area contributed by atoms with Crippen LogP contribution in [0.15, 0.2) is 0 Å². The second-order valence-corrected chi connectivity index (χ2v) is 4.87. The van der Waals surface area contributed by atoms with Crippen LogP contribution in [0, 0.1) is 0 Å². The number of rotatable bonds is 2. The second-order valence-electron chi connectivity index (χ2n) is 2.42. The minimum absolute atomic E-state index is 0. The molecule has 0 bridgehead atoms. The zero-order valence-electron chi connectivity index (χ0n) is 12.2. The predicted molar refractivity (Wildman–Crippen MR) is 64.8 cm³/mol. The molecule has 162 valence electrons. The van der Waals surface area contributed by atoms with E-state index in [0.717, 1.165) is 0 Å². The van der Waals surface area contributed by atoms with Crippen LogP contribution in [-0.2, 0) is 75.5 Å². The Balaban J connectivity index is -0.0000000364. The van der Waals surface area contributed by atoms with Crippen LogP contribution in [0.4, 0.5) is 0 Å². The minimum atomic E-state index is -5.17. The summed E-state index contributed by atoms with van der Waals surface area (Å²) >= 11 is 0. The Labute approximate surface area is 174 Å². The topological polar surface area (TPSA) is 367 Å². The van der Waals surface area contributed by atoms with Crippen molar-refractivity contribution >= 4 is 43.1 Å². The number of nitrogens with two attached hydrogens (primary N) is 2. The molecule has 0 atom stereocenters. The molecule has 6 N–H and O–H groups in total. The smallest absolute Gasteiger partial charge is 0.759 e. The maximum absolute atomic E-state index is 9.24. The SMILES string of the molecule is NCC(=O)O.NCC(=O)O.O=S(=O)([O-])[O-].O=S(=O)([O-])[O-].O=S(=O)([O-])[O-].[Cr+3].[Cr+3]. The predicted octanol–water partition coefficient (Wildman–Crippen LogP) is -5.96. The van der Waals surface area contributed by atoms with Crippen LogP contribution in [0.5, 0.6) is 0 Å². The van der Waals surface area contributed by atoms with Crippen molar-refractivity contribution in [2.24, 2.45) is 11.5 Å². The molecule has 0 saturated heterocycles. The van der Waals surface area contributed by atoms with Crippen LogP contribution in [0.3, 0.4) is 0 Å². The molecular weight excluding hydrogens is 532 g/mol. The molecule has 0 aliphatic carbocycles. The fourth-order valence-corrected chi connectivity index (χ4v) is 0. The van der Waals surface area contributed by atoms with E-state index in [1.54, 1.807) is 0 Å². The zero-order chi connectivity index (χ0) is 22.1. The van der Waals surface area contributed by atoms with Gasteiger partial charge in [0.2, 0.25) is 0 Å². The number of carboxylic acid groups (broad SMARTS) is 2. The van der Waals surface area contributed by atoms with Crippen LogP contribution in [-0.4, -0.2) is 87.8 Å². The molecule has 0 aromatic heterocycles. The maximum Gasteiger partial charge on any atom is 3.00 e. The van der Waals surface area contributed by atoms with Crippen molar-refractivity contribution in [2.75, 3.05) is 13.1 Å². The number of hydrogen-bond donors (Lipinski definition) is 4. The third kappa shape index (κ3) is 1130. The molecule has 18 nitrogen and oxygen atoms in total. The molecule has 0 spiro atoms. The standard InChI is InChI=1S/2C2H5NO2.2Cr.3H2O4S/c2*3-1-2(4)5;;;3*1-5(2,3)4/h2*1,3H2,(H,4,5);;;3*(H2,1,2,3,4)/q;;2*+3;;;/p-6. The van der Waals surface area contributed by atoms with Gasteiger partial charge in [0.05, 0.1) is 13.1 Å². The molecule has 0 amide bonds. The van der Waals surface area contributed by atoms with Crippen LogP contribution >= 0.6 is 0 Å². The van der Waals surface area contributed by atoms with Crippen LogP contribution in [0.2, 0.25) is 0 Å². The molecule has 23 heteroatoms. The van der Waals surface area contributed by atoms with E-state index in [9.17, 15) is 9.59 Å². The molecular formula is C4H10Cr2N2O16S3. The van der Waals surface area contributed by atoms with E-state index >= 15 is 0 Å². The molecule has 27 heavy (non-hydrogen) atoms. The average Bonchev–Trinajstić information content (AvgIpc) is 2.22. The average molecular weight is 542 g/mol. The Hall–Kier alpha value is -0.465. The van der Waals surface area contributed by atoms with E-state index in [-0.39, 0.29) is 47.8 Å². The summed E-state index contributed by atoms with van der Waals surface area (Å²) < 4.78 is 102. The van der Waals surface area contributed by atoms with Gasteiger partial charge in [-0.1, -0.05) is 0 Å². The molecule has 2 radical (unpaired) electrons. The van der Waals surface area contributed by atoms with Crippen molar-refractivity contribution in [3.05, 3.63) is 0 Å². The summed E-state index contributed by atoms with van der Waals surface area (Å²) in [6.45, 7) is -0.556. The van der Waals surface area contributed by atoms with E-state index in [1.165, 1.54) is 0 Å². The Morgan fingerprint density at radius 1 is 0.593 bits per heavy atom. The fraction of sp³-hybridized carbons (Fsp3) is 0.500. The first-order valence-electron chi connectivity index (χ1n) is 4.38. The minimum Gasteiger partial charge on any atom is -0.759 e. The molecule has 0 aromatic carbocycles. The van der Waals surface area contributed by atoms with Crippen LogP contribution in [0.1, 0.15) is 0 Å². The van der Waals surface area contributed by atoms with Gasteiger partial charge in [-0.3, -0.25) is 34.8 Å². The number of hydrogen-bond acceptors (Lipinski definition) is 16. The summed E-state index contributed by atoms with van der Waals surface area (Å²) in [4.78, 5) is 18.5. The van der Waals surface area contributed by atoms with Gasteiger partial charge in [-0.15, -0.1) is 0 Å². The summed E-state index contributed by atoms with van der Waals surface area (Å²) in [5.74, 6) is -1.94. The van der Waals surface area contributed by atoms with Crippen molar-refractivity contribution < 1.29 is 107 Å². The quantitative estimate of drug-likeness (QED) is 0.186. The molecule has 0 unspecified atom stereocenters. The third-order valence-corrected chi connectivity index (χ3v) is 0.349. The van der Waals surface area contributed by atoms with Gasteiger partial charge in [-0.25, -0.2) is 0 Å². The van der Waals surface area contributed by atoms with Crippen molar-refractivity contribution in [1.29, 1.82) is 0 Å². The van der Waals surface area contributed by atoms with E-state index in [1.807, 2.05) is 0 Å². The molecule has 0 aliphatic rings. The third-order valence-electron chi connectivity index (χ3n) is 0.349. The molecule has 0 fully saturated rings. The summed E-state index contributed by atoms with van der Waals surface area (Å²) in [5.41, 5.74) is 9.14. The van der Waals surface area contributed by atoms with E-state index in [2.05, 4.69) is 11.5 Å². The monoisotopic (exact) mass is 542 g/mol. The van der Waals surface area contributed by atoms with E-state index in [0.29, 0.717) is 0 Å². The summed E-state index contributed by atoms with van der Waals surface area (Å²) in [6.07, 6.45) is 0. The largest absolute Gasteiger partial charge is 3.00 e. The first kappa shape index (κ1) is 45.3. The number of carbonyl (C=O) groups is 2. The van der Waals surface area contributed by atoms with Gasteiger partial charge in [0.25, 0.3) is 0 Å². The van der Waals surface area contributed by atoms with Gasteiger partial charge in [0.1, 0.15) is 0 Å². The maximum atomic E-state index is 9.24. The van der Waals surface area contributed by atoms with Gasteiger partial charge in [0, 0.05) is 31.2 Å². The second kappa shape index (κ2) is 23.6. The first-order valence-corrected chi connectivity index (χ1v) is 8.38. The van der Waals surface area contributed by atoms with Crippen LogP contribution < -0.4 is 11.5 Å². The van der Waals surface area contributed by atoms with Gasteiger partial charge in [-0.05, 0) is 0 Å². The van der Waals surface area contributed by atoms with E-state index < -0.39 is 43.1 Å². The molecule has 0 saturated carbocycles. The van der Waals surface area contributed by atoms with Crippen LogP contribution in [0.25, 0.3) is 0 Å². The van der Waals surface area contributed by atoms with Crippen molar-refractivity contribution in [3.63, 3.8) is 0 Å². The van der Waals surface area contributed by atoms with Gasteiger partial charge < -0.3 is 49.0 Å². The van der Waals surface area contributed by atoms with Crippen molar-refractivity contribution in [3.8, 4) is 0 Å². The van der Waals surface area contributed by atoms with Gasteiger partial charge >= 0.3 is 46.7 Å². The number of carboxylic acids is 2. The fourth-order valence-electron chi connectivity index (χ4n) is 0. The first-order chi connectivity index (χ1) is 10.5. The molecule has 0 rings (SSSR count). The molecule has 0 aromatic rings. The van der Waals surface area contributed by atoms with Crippen molar-refractivity contribution in [2.45, 2.75) is 0 Å². The number of aliphatic carboxylic acids is 2. The van der Waals surface area contributed by atoms with Gasteiger partial charge in [0.15, 0.2) is 0 Å². The zero-order valence-corrected chi connectivity index (χ0v) is 17.2. The Morgan fingerprint density at radius 2 is 0.630 bits per heavy atom. The molecule has 0 aliphatic heterocycles. The summed E-state index contributed by atoms with van der Waals surface area (Å²) in [5, 5.41) is 15.2. The Bertz CT molecular complexity index is 546. The van der Waals surface area contributed by atoms with E-state index in [4.69, 9.17) is 62.8 Å². The molecule has 0 heterocycles. The summed E-state index contributed by atoms with van der Waals surface area (Å²) in [6, 6.07) is 0. The summed E-state index contributed by atoms with van der Waals surface area (Å²) in [7, 11) is -15.5.